The molecule has 0 bridgehead atoms. The summed E-state index contributed by atoms with van der Waals surface area (Å²) < 4.78 is 8.44. The molecular weight excluding hydrogens is 244 g/mol. The van der Waals surface area contributed by atoms with Crippen molar-refractivity contribution >= 4 is 15.9 Å². The first-order valence-electron chi connectivity index (χ1n) is 5.07. The minimum Gasteiger partial charge on any atom is -0.375 e. The number of rotatable bonds is 6. The van der Waals surface area contributed by atoms with Gasteiger partial charge in [0, 0.05) is 19.3 Å². The molecule has 1 rings (SSSR count). The van der Waals surface area contributed by atoms with E-state index >= 15 is 0 Å². The predicted molar refractivity (Wildman–Crippen MR) is 60.2 cm³/mol. The van der Waals surface area contributed by atoms with Crippen LogP contribution in [0, 0.1) is 0 Å². The molecule has 14 heavy (non-hydrogen) atoms. The minimum absolute atomic E-state index is 0.605. The van der Waals surface area contributed by atoms with Crippen LogP contribution in [0.1, 0.15) is 32.4 Å². The van der Waals surface area contributed by atoms with Crippen molar-refractivity contribution in [2.75, 3.05) is 6.61 Å². The van der Waals surface area contributed by atoms with Crippen molar-refractivity contribution in [3.05, 3.63) is 16.4 Å². The summed E-state index contributed by atoms with van der Waals surface area (Å²) >= 11 is 3.46. The second kappa shape index (κ2) is 6.19. The fraction of sp³-hybridized carbons (Fsp3) is 0.700. The third kappa shape index (κ3) is 3.42. The van der Waals surface area contributed by atoms with Gasteiger partial charge in [0.05, 0.1) is 11.1 Å². The summed E-state index contributed by atoms with van der Waals surface area (Å²) in [4.78, 5) is 0. The van der Waals surface area contributed by atoms with E-state index in [1.165, 1.54) is 6.42 Å². The van der Waals surface area contributed by atoms with Gasteiger partial charge in [-0.1, -0.05) is 13.3 Å². The molecule has 0 N–H and O–H groups in total. The van der Waals surface area contributed by atoms with Crippen LogP contribution in [0.4, 0.5) is 0 Å². The number of aromatic nitrogens is 2. The van der Waals surface area contributed by atoms with Crippen LogP contribution in [-0.4, -0.2) is 16.4 Å². The Kier molecular flexibility index (Phi) is 5.19. The molecule has 0 spiro atoms. The molecule has 0 fully saturated rings. The monoisotopic (exact) mass is 260 g/mol. The second-order valence-electron chi connectivity index (χ2n) is 3.19. The minimum atomic E-state index is 0.605. The molecule has 4 heteroatoms. The Hall–Kier alpha value is -0.350. The molecule has 1 aromatic rings. The molecule has 0 radical (unpaired) electrons. The summed E-state index contributed by atoms with van der Waals surface area (Å²) in [7, 11) is 0. The van der Waals surface area contributed by atoms with Gasteiger partial charge >= 0.3 is 0 Å². The van der Waals surface area contributed by atoms with Gasteiger partial charge in [-0.15, -0.1) is 0 Å². The lowest BCUT2D eigenvalue weighted by atomic mass is 10.4. The van der Waals surface area contributed by atoms with Crippen LogP contribution in [0.15, 0.2) is 10.7 Å². The maximum atomic E-state index is 5.49. The van der Waals surface area contributed by atoms with Crippen molar-refractivity contribution in [1.82, 2.24) is 9.78 Å². The molecular formula is C10H17BrN2O. The van der Waals surface area contributed by atoms with E-state index in [0.717, 1.165) is 29.7 Å². The second-order valence-corrected chi connectivity index (χ2v) is 4.04. The molecule has 80 valence electrons. The summed E-state index contributed by atoms with van der Waals surface area (Å²) in [6.07, 6.45) is 4.27. The summed E-state index contributed by atoms with van der Waals surface area (Å²) in [5.41, 5.74) is 0.989. The lowest BCUT2D eigenvalue weighted by Gasteiger charge is -2.00. The molecule has 3 nitrogen and oxygen atoms in total. The molecule has 0 aromatic carbocycles. The molecule has 0 aliphatic carbocycles. The van der Waals surface area contributed by atoms with Gasteiger partial charge in [-0.3, -0.25) is 4.68 Å². The molecule has 0 aliphatic heterocycles. The number of unbranched alkanes of at least 4 members (excludes halogenated alkanes) is 1. The number of aryl methyl sites for hydroxylation is 1. The molecule has 0 amide bonds. The van der Waals surface area contributed by atoms with Crippen molar-refractivity contribution in [3.8, 4) is 0 Å². The quantitative estimate of drug-likeness (QED) is 0.736. The first kappa shape index (κ1) is 11.7. The van der Waals surface area contributed by atoms with Crippen LogP contribution in [0.3, 0.4) is 0 Å². The van der Waals surface area contributed by atoms with Crippen molar-refractivity contribution in [2.24, 2.45) is 0 Å². The van der Waals surface area contributed by atoms with E-state index in [2.05, 4.69) is 34.9 Å². The van der Waals surface area contributed by atoms with Crippen LogP contribution >= 0.6 is 15.9 Å². The maximum Gasteiger partial charge on any atom is 0.102 e. The third-order valence-corrected chi connectivity index (χ3v) is 2.65. The molecule has 1 aromatic heterocycles. The van der Waals surface area contributed by atoms with Crippen molar-refractivity contribution in [3.63, 3.8) is 0 Å². The predicted octanol–water partition coefficient (Wildman–Crippen LogP) is 2.98. The smallest absolute Gasteiger partial charge is 0.102 e. The Morgan fingerprint density at radius 1 is 1.50 bits per heavy atom. The van der Waals surface area contributed by atoms with Crippen LogP contribution in [0.5, 0.6) is 0 Å². The average molecular weight is 261 g/mol. The third-order valence-electron chi connectivity index (χ3n) is 1.99. The fourth-order valence-corrected chi connectivity index (χ4v) is 1.54. The van der Waals surface area contributed by atoms with Crippen molar-refractivity contribution in [2.45, 2.75) is 39.8 Å². The van der Waals surface area contributed by atoms with Gasteiger partial charge in [0.1, 0.15) is 5.69 Å². The Bertz CT molecular complexity index is 273. The molecule has 1 heterocycles. The van der Waals surface area contributed by atoms with Gasteiger partial charge in [-0.25, -0.2) is 0 Å². The lowest BCUT2D eigenvalue weighted by Crippen LogP contribution is -1.99. The number of nitrogens with zero attached hydrogens (tertiary/aromatic N) is 2. The number of ether oxygens (including phenoxy) is 1. The van der Waals surface area contributed by atoms with Gasteiger partial charge in [0.15, 0.2) is 0 Å². The zero-order chi connectivity index (χ0) is 10.4. The van der Waals surface area contributed by atoms with Gasteiger partial charge < -0.3 is 4.74 Å². The van der Waals surface area contributed by atoms with E-state index in [9.17, 15) is 0 Å². The van der Waals surface area contributed by atoms with Crippen LogP contribution < -0.4 is 0 Å². The summed E-state index contributed by atoms with van der Waals surface area (Å²) in [6.45, 7) is 6.55. The summed E-state index contributed by atoms with van der Waals surface area (Å²) in [5.74, 6) is 0. The molecule has 0 saturated carbocycles. The Morgan fingerprint density at radius 3 is 2.86 bits per heavy atom. The van der Waals surface area contributed by atoms with E-state index in [-0.39, 0.29) is 0 Å². The molecule has 0 saturated heterocycles. The summed E-state index contributed by atoms with van der Waals surface area (Å²) in [5, 5.41) is 4.37. The van der Waals surface area contributed by atoms with Crippen LogP contribution in [0.2, 0.25) is 0 Å². The first-order chi connectivity index (χ1) is 6.77. The van der Waals surface area contributed by atoms with E-state index in [4.69, 9.17) is 4.74 Å². The normalized spacial score (nSPS) is 10.8. The zero-order valence-electron chi connectivity index (χ0n) is 8.79. The zero-order valence-corrected chi connectivity index (χ0v) is 10.4. The van der Waals surface area contributed by atoms with E-state index in [1.807, 2.05) is 10.9 Å². The summed E-state index contributed by atoms with van der Waals surface area (Å²) in [6, 6.07) is 0. The lowest BCUT2D eigenvalue weighted by molar-refractivity contribution is 0.114. The van der Waals surface area contributed by atoms with Crippen LogP contribution in [-0.2, 0) is 17.9 Å². The standard InChI is InChI=1S/C10H17BrN2O/c1-3-5-6-14-8-10-9(11)7-13(4-2)12-10/h7H,3-6,8H2,1-2H3. The van der Waals surface area contributed by atoms with Gasteiger partial charge in [0.2, 0.25) is 0 Å². The Labute approximate surface area is 93.6 Å². The number of halogens is 1. The van der Waals surface area contributed by atoms with Crippen LogP contribution in [0.25, 0.3) is 0 Å². The molecule has 0 unspecified atom stereocenters. The largest absolute Gasteiger partial charge is 0.375 e. The highest BCUT2D eigenvalue weighted by atomic mass is 79.9. The topological polar surface area (TPSA) is 27.1 Å². The first-order valence-corrected chi connectivity index (χ1v) is 5.86. The van der Waals surface area contributed by atoms with Crippen molar-refractivity contribution < 1.29 is 4.74 Å². The van der Waals surface area contributed by atoms with E-state index < -0.39 is 0 Å². The Morgan fingerprint density at radius 2 is 2.29 bits per heavy atom. The van der Waals surface area contributed by atoms with E-state index in [1.54, 1.807) is 0 Å². The van der Waals surface area contributed by atoms with E-state index in [0.29, 0.717) is 6.61 Å². The van der Waals surface area contributed by atoms with Gasteiger partial charge in [-0.05, 0) is 29.3 Å². The highest BCUT2D eigenvalue weighted by Gasteiger charge is 2.04. The highest BCUT2D eigenvalue weighted by molar-refractivity contribution is 9.10. The fourth-order valence-electron chi connectivity index (χ4n) is 1.11. The van der Waals surface area contributed by atoms with Gasteiger partial charge in [0.25, 0.3) is 0 Å². The SMILES string of the molecule is CCCCOCc1nn(CC)cc1Br. The van der Waals surface area contributed by atoms with Crippen molar-refractivity contribution in [1.29, 1.82) is 0 Å². The number of hydrogen-bond acceptors (Lipinski definition) is 2. The Balaban J connectivity index is 2.38. The maximum absolute atomic E-state index is 5.49. The number of hydrogen-bond donors (Lipinski definition) is 0. The average Bonchev–Trinajstić information content (AvgIpc) is 2.54. The molecule has 0 atom stereocenters. The molecule has 0 aliphatic rings. The highest BCUT2D eigenvalue weighted by Crippen LogP contribution is 2.15. The van der Waals surface area contributed by atoms with Gasteiger partial charge in [-0.2, -0.15) is 5.10 Å².